The van der Waals surface area contributed by atoms with E-state index in [4.69, 9.17) is 14.4 Å². The van der Waals surface area contributed by atoms with Crippen molar-refractivity contribution in [2.45, 2.75) is 6.17 Å². The molecule has 0 radical (unpaired) electrons. The summed E-state index contributed by atoms with van der Waals surface area (Å²) >= 11 is 0. The number of fused-ring (bicyclic) bond motifs is 5. The molecule has 4 heteroatoms. The first-order chi connectivity index (χ1) is 22.3. The van der Waals surface area contributed by atoms with Crippen LogP contribution in [0.4, 0.5) is 0 Å². The van der Waals surface area contributed by atoms with Crippen molar-refractivity contribution in [3.8, 4) is 11.1 Å². The van der Waals surface area contributed by atoms with Crippen molar-refractivity contribution in [1.82, 2.24) is 5.32 Å². The SMILES string of the molecule is c1ccc(C2=NC(c3ccc(-c4ccc5ccccc5c4)c4oc5ccccc5c34)=NC(c3cccc4ccccc34)N2)cc1. The summed E-state index contributed by atoms with van der Waals surface area (Å²) in [7, 11) is 0. The van der Waals surface area contributed by atoms with Crippen LogP contribution in [0.2, 0.25) is 0 Å². The molecule has 1 aliphatic rings. The number of hydrogen-bond donors (Lipinski definition) is 1. The van der Waals surface area contributed by atoms with E-state index < -0.39 is 0 Å². The van der Waals surface area contributed by atoms with Crippen LogP contribution in [-0.4, -0.2) is 11.7 Å². The fourth-order valence-corrected chi connectivity index (χ4v) is 6.56. The second-order valence-corrected chi connectivity index (χ2v) is 11.4. The Morgan fingerprint density at radius 3 is 2.13 bits per heavy atom. The van der Waals surface area contributed by atoms with Gasteiger partial charge in [0, 0.05) is 33.0 Å². The summed E-state index contributed by atoms with van der Waals surface area (Å²) in [6.07, 6.45) is -0.327. The molecule has 0 spiro atoms. The molecule has 212 valence electrons. The number of aliphatic imine (C=N–C) groups is 2. The second-order valence-electron chi connectivity index (χ2n) is 11.4. The zero-order valence-corrected chi connectivity index (χ0v) is 24.3. The number of nitrogens with one attached hydrogen (secondary N) is 1. The minimum Gasteiger partial charge on any atom is -0.455 e. The van der Waals surface area contributed by atoms with Crippen LogP contribution in [0.15, 0.2) is 166 Å². The van der Waals surface area contributed by atoms with Gasteiger partial charge in [0.25, 0.3) is 0 Å². The van der Waals surface area contributed by atoms with Gasteiger partial charge in [-0.1, -0.05) is 127 Å². The van der Waals surface area contributed by atoms with Crippen LogP contribution >= 0.6 is 0 Å². The molecule has 0 amide bonds. The molecule has 7 aromatic carbocycles. The molecule has 8 aromatic rings. The van der Waals surface area contributed by atoms with E-state index >= 15 is 0 Å². The highest BCUT2D eigenvalue weighted by atomic mass is 16.3. The van der Waals surface area contributed by atoms with E-state index in [1.165, 1.54) is 21.5 Å². The number of nitrogens with zero attached hydrogens (tertiary/aromatic N) is 2. The molecule has 45 heavy (non-hydrogen) atoms. The molecular formula is C41H27N3O. The molecule has 0 saturated heterocycles. The first-order valence-electron chi connectivity index (χ1n) is 15.2. The lowest BCUT2D eigenvalue weighted by Crippen LogP contribution is -2.33. The van der Waals surface area contributed by atoms with Crippen molar-refractivity contribution in [3.63, 3.8) is 0 Å². The molecule has 1 unspecified atom stereocenters. The highest BCUT2D eigenvalue weighted by molar-refractivity contribution is 6.23. The fourth-order valence-electron chi connectivity index (χ4n) is 6.56. The van der Waals surface area contributed by atoms with Crippen LogP contribution in [0, 0.1) is 0 Å². The third-order valence-corrected chi connectivity index (χ3v) is 8.74. The summed E-state index contributed by atoms with van der Waals surface area (Å²) in [4.78, 5) is 10.5. The first-order valence-corrected chi connectivity index (χ1v) is 15.2. The molecule has 2 heterocycles. The third kappa shape index (κ3) is 4.30. The Morgan fingerprint density at radius 2 is 1.24 bits per heavy atom. The number of rotatable bonds is 4. The van der Waals surface area contributed by atoms with Gasteiger partial charge in [0.15, 0.2) is 5.84 Å². The first kappa shape index (κ1) is 25.5. The zero-order chi connectivity index (χ0) is 29.7. The zero-order valence-electron chi connectivity index (χ0n) is 24.3. The van der Waals surface area contributed by atoms with Crippen LogP contribution in [-0.2, 0) is 0 Å². The van der Waals surface area contributed by atoms with Crippen LogP contribution in [0.3, 0.4) is 0 Å². The lowest BCUT2D eigenvalue weighted by atomic mass is 9.96. The van der Waals surface area contributed by atoms with Crippen molar-refractivity contribution in [2.24, 2.45) is 9.98 Å². The Bertz CT molecular complexity index is 2470. The van der Waals surface area contributed by atoms with Crippen LogP contribution in [0.1, 0.15) is 22.9 Å². The maximum atomic E-state index is 6.64. The molecule has 0 saturated carbocycles. The molecule has 1 aliphatic heterocycles. The van der Waals surface area contributed by atoms with Crippen molar-refractivity contribution >= 4 is 55.2 Å². The van der Waals surface area contributed by atoms with Gasteiger partial charge < -0.3 is 9.73 Å². The normalized spacial score (nSPS) is 14.9. The van der Waals surface area contributed by atoms with Gasteiger partial charge in [-0.3, -0.25) is 0 Å². The number of furan rings is 1. The van der Waals surface area contributed by atoms with Gasteiger partial charge in [0.1, 0.15) is 23.2 Å². The van der Waals surface area contributed by atoms with Gasteiger partial charge in [-0.05, 0) is 51.4 Å². The topological polar surface area (TPSA) is 49.9 Å². The van der Waals surface area contributed by atoms with Crippen molar-refractivity contribution in [2.75, 3.05) is 0 Å². The lowest BCUT2D eigenvalue weighted by molar-refractivity contribution is 0.669. The maximum Gasteiger partial charge on any atom is 0.160 e. The molecule has 0 aliphatic carbocycles. The average Bonchev–Trinajstić information content (AvgIpc) is 3.51. The molecule has 4 nitrogen and oxygen atoms in total. The molecule has 0 fully saturated rings. The lowest BCUT2D eigenvalue weighted by Gasteiger charge is -2.25. The summed E-state index contributed by atoms with van der Waals surface area (Å²) in [5.74, 6) is 1.46. The maximum absolute atomic E-state index is 6.64. The van der Waals surface area contributed by atoms with E-state index in [0.29, 0.717) is 5.84 Å². The summed E-state index contributed by atoms with van der Waals surface area (Å²) < 4.78 is 6.64. The largest absolute Gasteiger partial charge is 0.455 e. The number of amidine groups is 2. The number of para-hydroxylation sites is 1. The standard InChI is InChI=1S/C41H27N3O/c1-2-13-28(14-3-1)39-42-40(33-19-10-16-27-12-6-7-17-31(27)33)44-41(43-39)35-24-23-32(30-22-21-26-11-4-5-15-29(26)25-30)38-37(35)34-18-8-9-20-36(34)45-38/h1-25,40H,(H,42,43,44). The molecule has 1 atom stereocenters. The fraction of sp³-hybridized carbons (Fsp3) is 0.0244. The minimum atomic E-state index is -0.327. The van der Waals surface area contributed by atoms with Crippen LogP contribution < -0.4 is 5.32 Å². The van der Waals surface area contributed by atoms with Gasteiger partial charge >= 0.3 is 0 Å². The predicted octanol–water partition coefficient (Wildman–Crippen LogP) is 10.1. The van der Waals surface area contributed by atoms with E-state index in [9.17, 15) is 0 Å². The van der Waals surface area contributed by atoms with Crippen LogP contribution in [0.5, 0.6) is 0 Å². The summed E-state index contributed by atoms with van der Waals surface area (Å²) in [5.41, 5.74) is 6.89. The number of benzene rings is 7. The Morgan fingerprint density at radius 1 is 0.533 bits per heavy atom. The minimum absolute atomic E-state index is 0.327. The van der Waals surface area contributed by atoms with E-state index in [2.05, 4.69) is 127 Å². The van der Waals surface area contributed by atoms with Gasteiger partial charge in [-0.2, -0.15) is 0 Å². The summed E-state index contributed by atoms with van der Waals surface area (Å²) in [6.45, 7) is 0. The van der Waals surface area contributed by atoms with E-state index in [1.807, 2.05) is 30.3 Å². The molecule has 1 N–H and O–H groups in total. The second kappa shape index (κ2) is 10.3. The quantitative estimate of drug-likeness (QED) is 0.226. The van der Waals surface area contributed by atoms with Gasteiger partial charge in [0.05, 0.1) is 0 Å². The third-order valence-electron chi connectivity index (χ3n) is 8.74. The Hall–Kier alpha value is -6.00. The molecular weight excluding hydrogens is 550 g/mol. The van der Waals surface area contributed by atoms with E-state index in [1.54, 1.807) is 0 Å². The highest BCUT2D eigenvalue weighted by Crippen LogP contribution is 2.40. The van der Waals surface area contributed by atoms with E-state index in [-0.39, 0.29) is 6.17 Å². The average molecular weight is 578 g/mol. The molecule has 1 aromatic heterocycles. The van der Waals surface area contributed by atoms with Crippen molar-refractivity contribution in [3.05, 3.63) is 168 Å². The van der Waals surface area contributed by atoms with Gasteiger partial charge in [-0.15, -0.1) is 0 Å². The van der Waals surface area contributed by atoms with Crippen molar-refractivity contribution in [1.29, 1.82) is 0 Å². The molecule has 9 rings (SSSR count). The van der Waals surface area contributed by atoms with Gasteiger partial charge in [0.2, 0.25) is 0 Å². The molecule has 0 bridgehead atoms. The Labute approximate surface area is 260 Å². The number of hydrogen-bond acceptors (Lipinski definition) is 4. The smallest absolute Gasteiger partial charge is 0.160 e. The van der Waals surface area contributed by atoms with Gasteiger partial charge in [-0.25, -0.2) is 9.98 Å². The van der Waals surface area contributed by atoms with E-state index in [0.717, 1.165) is 55.6 Å². The Kier molecular flexibility index (Phi) is 5.85. The predicted molar refractivity (Wildman–Crippen MR) is 186 cm³/mol. The van der Waals surface area contributed by atoms with Crippen LogP contribution in [0.25, 0.3) is 54.6 Å². The highest BCUT2D eigenvalue weighted by Gasteiger charge is 2.25. The monoisotopic (exact) mass is 577 g/mol. The Balaban J connectivity index is 1.29. The van der Waals surface area contributed by atoms with Crippen molar-refractivity contribution < 1.29 is 4.42 Å². The summed E-state index contributed by atoms with van der Waals surface area (Å²) in [6, 6.07) is 52.7. The summed E-state index contributed by atoms with van der Waals surface area (Å²) in [5, 5.41) is 10.5.